The predicted molar refractivity (Wildman–Crippen MR) is 82.6 cm³/mol. The average Bonchev–Trinajstić information content (AvgIpc) is 3.26. The molecule has 1 saturated carbocycles. The van der Waals surface area contributed by atoms with Gasteiger partial charge in [-0.05, 0) is 37.8 Å². The normalized spacial score (nSPS) is 17.3. The van der Waals surface area contributed by atoms with Gasteiger partial charge in [0.1, 0.15) is 6.10 Å². The molecule has 1 aliphatic rings. The first-order valence-corrected chi connectivity index (χ1v) is 7.76. The zero-order valence-electron chi connectivity index (χ0n) is 11.8. The van der Waals surface area contributed by atoms with E-state index in [9.17, 15) is 9.90 Å². The smallest absolute Gasteiger partial charge is 0.248 e. The highest BCUT2D eigenvalue weighted by Gasteiger charge is 2.24. The van der Waals surface area contributed by atoms with Crippen molar-refractivity contribution in [3.05, 3.63) is 33.8 Å². The van der Waals surface area contributed by atoms with Crippen LogP contribution in [-0.2, 0) is 9.53 Å². The van der Waals surface area contributed by atoms with E-state index in [1.165, 1.54) is 12.8 Å². The number of aliphatic hydroxyl groups excluding tert-OH is 1. The van der Waals surface area contributed by atoms with Crippen LogP contribution in [0, 0.1) is 5.92 Å². The number of rotatable bonds is 7. The second-order valence-corrected chi connectivity index (χ2v) is 6.13. The van der Waals surface area contributed by atoms with Gasteiger partial charge >= 0.3 is 0 Å². The van der Waals surface area contributed by atoms with Crippen molar-refractivity contribution >= 4 is 29.1 Å². The van der Waals surface area contributed by atoms with Crippen LogP contribution in [0.3, 0.4) is 0 Å². The zero-order valence-corrected chi connectivity index (χ0v) is 13.3. The van der Waals surface area contributed by atoms with Crippen LogP contribution in [0.1, 0.15) is 31.4 Å². The van der Waals surface area contributed by atoms with E-state index in [2.05, 4.69) is 5.32 Å². The molecule has 0 spiro atoms. The highest BCUT2D eigenvalue weighted by Crippen LogP contribution is 2.30. The molecule has 2 rings (SSSR count). The van der Waals surface area contributed by atoms with Crippen molar-refractivity contribution in [1.29, 1.82) is 0 Å². The van der Waals surface area contributed by atoms with E-state index in [4.69, 9.17) is 27.9 Å². The van der Waals surface area contributed by atoms with Gasteiger partial charge in [-0.1, -0.05) is 29.3 Å². The summed E-state index contributed by atoms with van der Waals surface area (Å²) < 4.78 is 5.47. The molecule has 2 atom stereocenters. The fraction of sp³-hybridized carbons (Fsp3) is 0.533. The molecule has 1 fully saturated rings. The van der Waals surface area contributed by atoms with E-state index >= 15 is 0 Å². The van der Waals surface area contributed by atoms with Gasteiger partial charge in [0.25, 0.3) is 0 Å². The number of aliphatic hydroxyl groups is 1. The average molecular weight is 332 g/mol. The van der Waals surface area contributed by atoms with Crippen molar-refractivity contribution in [2.45, 2.75) is 32.0 Å². The molecule has 1 aromatic carbocycles. The van der Waals surface area contributed by atoms with E-state index < -0.39 is 12.2 Å². The number of carbonyl (C=O) groups is 1. The number of hydrogen-bond acceptors (Lipinski definition) is 3. The second-order valence-electron chi connectivity index (χ2n) is 5.32. The first-order valence-electron chi connectivity index (χ1n) is 7.00. The van der Waals surface area contributed by atoms with Gasteiger partial charge in [-0.2, -0.15) is 0 Å². The molecule has 21 heavy (non-hydrogen) atoms. The fourth-order valence-electron chi connectivity index (χ4n) is 1.91. The summed E-state index contributed by atoms with van der Waals surface area (Å²) in [5, 5.41) is 13.5. The molecule has 2 N–H and O–H groups in total. The number of halogens is 2. The summed E-state index contributed by atoms with van der Waals surface area (Å²) in [6.45, 7) is 2.36. The minimum absolute atomic E-state index is 0.0411. The van der Waals surface area contributed by atoms with Crippen LogP contribution < -0.4 is 5.32 Å². The quantitative estimate of drug-likeness (QED) is 0.807. The monoisotopic (exact) mass is 331 g/mol. The largest absolute Gasteiger partial charge is 0.386 e. The number of amides is 1. The lowest BCUT2D eigenvalue weighted by Gasteiger charge is -2.17. The van der Waals surface area contributed by atoms with Gasteiger partial charge in [0.2, 0.25) is 5.91 Å². The molecule has 0 bridgehead atoms. The number of nitrogens with one attached hydrogen (secondary N) is 1. The van der Waals surface area contributed by atoms with Gasteiger partial charge < -0.3 is 15.2 Å². The van der Waals surface area contributed by atoms with Crippen molar-refractivity contribution in [2.24, 2.45) is 5.92 Å². The summed E-state index contributed by atoms with van der Waals surface area (Å²) >= 11 is 12.0. The van der Waals surface area contributed by atoms with E-state index in [1.54, 1.807) is 25.1 Å². The Hall–Kier alpha value is -0.810. The molecule has 1 aromatic rings. The van der Waals surface area contributed by atoms with Crippen LogP contribution in [0.5, 0.6) is 0 Å². The van der Waals surface area contributed by atoms with Gasteiger partial charge in [0.05, 0.1) is 12.7 Å². The first-order chi connectivity index (χ1) is 9.99. The number of carbonyl (C=O) groups excluding carboxylic acids is 1. The second kappa shape index (κ2) is 7.45. The topological polar surface area (TPSA) is 58.6 Å². The summed E-state index contributed by atoms with van der Waals surface area (Å²) in [6.07, 6.45) is 0.876. The molecule has 0 radical (unpaired) electrons. The molecular formula is C15H19Cl2NO3. The molecule has 0 heterocycles. The third-order valence-corrected chi connectivity index (χ3v) is 4.11. The maximum atomic E-state index is 11.9. The third kappa shape index (κ3) is 4.85. The lowest BCUT2D eigenvalue weighted by molar-refractivity contribution is -0.132. The Morgan fingerprint density at radius 2 is 2.05 bits per heavy atom. The Bertz CT molecular complexity index is 485. The van der Waals surface area contributed by atoms with Crippen LogP contribution in [0.4, 0.5) is 0 Å². The fourth-order valence-corrected chi connectivity index (χ4v) is 2.56. The van der Waals surface area contributed by atoms with Crippen molar-refractivity contribution < 1.29 is 14.6 Å². The molecule has 0 aliphatic heterocycles. The highest BCUT2D eigenvalue weighted by molar-refractivity contribution is 6.36. The Morgan fingerprint density at radius 3 is 2.62 bits per heavy atom. The molecule has 116 valence electrons. The van der Waals surface area contributed by atoms with Gasteiger partial charge in [0.15, 0.2) is 0 Å². The van der Waals surface area contributed by atoms with Gasteiger partial charge in [0, 0.05) is 22.2 Å². The standard InChI is InChI=1S/C15H19Cl2NO3/c1-9(21-8-10-5-6-10)15(20)18-7-13(19)14-11(16)3-2-4-12(14)17/h2-4,9-10,13,19H,5-8H2,1H3,(H,18,20)/t9-,13-/m1/s1. The summed E-state index contributed by atoms with van der Waals surface area (Å²) in [4.78, 5) is 11.9. The van der Waals surface area contributed by atoms with E-state index in [1.807, 2.05) is 0 Å². The predicted octanol–water partition coefficient (Wildman–Crippen LogP) is 2.96. The van der Waals surface area contributed by atoms with Crippen molar-refractivity contribution in [3.63, 3.8) is 0 Å². The number of benzene rings is 1. The number of hydrogen-bond donors (Lipinski definition) is 2. The first kappa shape index (κ1) is 16.6. The lowest BCUT2D eigenvalue weighted by Crippen LogP contribution is -2.37. The minimum Gasteiger partial charge on any atom is -0.386 e. The van der Waals surface area contributed by atoms with Crippen LogP contribution in [-0.4, -0.2) is 30.3 Å². The summed E-state index contributed by atoms with van der Waals surface area (Å²) in [5.41, 5.74) is 0.424. The van der Waals surface area contributed by atoms with Gasteiger partial charge in [-0.25, -0.2) is 0 Å². The maximum Gasteiger partial charge on any atom is 0.248 e. The van der Waals surface area contributed by atoms with Crippen molar-refractivity contribution in [1.82, 2.24) is 5.32 Å². The van der Waals surface area contributed by atoms with Crippen LogP contribution >= 0.6 is 23.2 Å². The molecule has 4 nitrogen and oxygen atoms in total. The summed E-state index contributed by atoms with van der Waals surface area (Å²) in [7, 11) is 0. The zero-order chi connectivity index (χ0) is 15.4. The molecule has 1 aliphatic carbocycles. The highest BCUT2D eigenvalue weighted by atomic mass is 35.5. The Balaban J connectivity index is 1.82. The molecule has 6 heteroatoms. The SMILES string of the molecule is C[C@@H](OCC1CC1)C(=O)NC[C@@H](O)c1c(Cl)cccc1Cl. The molecule has 0 aromatic heterocycles. The van der Waals surface area contributed by atoms with Crippen molar-refractivity contribution in [2.75, 3.05) is 13.2 Å². The van der Waals surface area contributed by atoms with Crippen LogP contribution in [0.25, 0.3) is 0 Å². The maximum absolute atomic E-state index is 11.9. The van der Waals surface area contributed by atoms with Gasteiger partial charge in [-0.3, -0.25) is 4.79 Å². The summed E-state index contributed by atoms with van der Waals surface area (Å²) in [5.74, 6) is 0.352. The van der Waals surface area contributed by atoms with Gasteiger partial charge in [-0.15, -0.1) is 0 Å². The van der Waals surface area contributed by atoms with Crippen LogP contribution in [0.2, 0.25) is 10.0 Å². The minimum atomic E-state index is -0.953. The molecule has 0 saturated heterocycles. The number of ether oxygens (including phenoxy) is 1. The summed E-state index contributed by atoms with van der Waals surface area (Å²) in [6, 6.07) is 5.00. The molecule has 0 unspecified atom stereocenters. The Morgan fingerprint density at radius 1 is 1.43 bits per heavy atom. The van der Waals surface area contributed by atoms with Crippen LogP contribution in [0.15, 0.2) is 18.2 Å². The van der Waals surface area contributed by atoms with E-state index in [0.29, 0.717) is 28.1 Å². The Kier molecular flexibility index (Phi) is 5.88. The Labute approximate surface area is 134 Å². The van der Waals surface area contributed by atoms with E-state index in [0.717, 1.165) is 0 Å². The third-order valence-electron chi connectivity index (χ3n) is 3.45. The molecule has 1 amide bonds. The molecular weight excluding hydrogens is 313 g/mol. The van der Waals surface area contributed by atoms with E-state index in [-0.39, 0.29) is 12.5 Å². The van der Waals surface area contributed by atoms with Crippen molar-refractivity contribution in [3.8, 4) is 0 Å². The lowest BCUT2D eigenvalue weighted by atomic mass is 10.1.